The van der Waals surface area contributed by atoms with Gasteiger partial charge in [-0.1, -0.05) is 42.1 Å². The molecular formula is C8H11N2Si. The molecule has 4 N–H and O–H groups in total. The normalized spacial score (nSPS) is 11.2. The maximum atomic E-state index is 5.43. The smallest absolute Gasteiger partial charge is 0.247 e. The van der Waals surface area contributed by atoms with E-state index in [1.807, 2.05) is 42.1 Å². The lowest BCUT2D eigenvalue weighted by atomic mass is 10.2. The van der Waals surface area contributed by atoms with Crippen LogP contribution in [0.3, 0.4) is 0 Å². The lowest BCUT2D eigenvalue weighted by molar-refractivity contribution is 1.65. The highest BCUT2D eigenvalue weighted by molar-refractivity contribution is 6.58. The first-order valence-corrected chi connectivity index (χ1v) is 5.13. The topological polar surface area (TPSA) is 52.0 Å². The van der Waals surface area contributed by atoms with E-state index in [1.54, 1.807) is 0 Å². The van der Waals surface area contributed by atoms with Gasteiger partial charge in [0.2, 0.25) is 9.12 Å². The molecule has 0 aromatic heterocycles. The summed E-state index contributed by atoms with van der Waals surface area (Å²) in [4.78, 5) is 0. The predicted octanol–water partition coefficient (Wildman–Crippen LogP) is 0.645. The molecule has 0 spiro atoms. The van der Waals surface area contributed by atoms with Gasteiger partial charge in [-0.25, -0.2) is 0 Å². The zero-order valence-corrected chi connectivity index (χ0v) is 7.20. The van der Waals surface area contributed by atoms with Crippen LogP contribution in [-0.4, -0.2) is 9.12 Å². The monoisotopic (exact) mass is 163 g/mol. The van der Waals surface area contributed by atoms with Gasteiger partial charge in [0.05, 0.1) is 0 Å². The molecule has 0 saturated carbocycles. The minimum atomic E-state index is -1.21. The largest absolute Gasteiger partial charge is 0.336 e. The minimum Gasteiger partial charge on any atom is -0.336 e. The van der Waals surface area contributed by atoms with Crippen LogP contribution < -0.4 is 10.8 Å². The Morgan fingerprint density at radius 3 is 2.27 bits per heavy atom. The second-order valence-electron chi connectivity index (χ2n) is 2.24. The van der Waals surface area contributed by atoms with Crippen molar-refractivity contribution in [3.8, 4) is 0 Å². The van der Waals surface area contributed by atoms with E-state index >= 15 is 0 Å². The van der Waals surface area contributed by atoms with Gasteiger partial charge in [-0.2, -0.15) is 0 Å². The van der Waals surface area contributed by atoms with Crippen molar-refractivity contribution in [1.82, 2.24) is 0 Å². The quantitative estimate of drug-likeness (QED) is 0.629. The fourth-order valence-electron chi connectivity index (χ4n) is 0.757. The molecule has 57 valence electrons. The molecule has 11 heavy (non-hydrogen) atoms. The molecule has 0 atom stereocenters. The summed E-state index contributed by atoms with van der Waals surface area (Å²) in [6, 6.07) is 9.98. The molecule has 1 aromatic rings. The summed E-state index contributed by atoms with van der Waals surface area (Å²) < 4.78 is 0. The first-order valence-electron chi connectivity index (χ1n) is 3.40. The second-order valence-corrected chi connectivity index (χ2v) is 3.58. The maximum absolute atomic E-state index is 5.43. The minimum absolute atomic E-state index is 1.14. The van der Waals surface area contributed by atoms with Crippen LogP contribution in [0.25, 0.3) is 6.08 Å². The Bertz CT molecular complexity index is 231. The van der Waals surface area contributed by atoms with Gasteiger partial charge >= 0.3 is 0 Å². The molecule has 1 radical (unpaired) electrons. The molecule has 1 rings (SSSR count). The van der Waals surface area contributed by atoms with Crippen molar-refractivity contribution in [2.24, 2.45) is 10.8 Å². The van der Waals surface area contributed by atoms with E-state index in [0.29, 0.717) is 0 Å². The van der Waals surface area contributed by atoms with Crippen molar-refractivity contribution in [2.75, 3.05) is 0 Å². The van der Waals surface area contributed by atoms with Crippen LogP contribution >= 0.6 is 0 Å². The highest BCUT2D eigenvalue weighted by Crippen LogP contribution is 1.99. The average Bonchev–Trinajstić information content (AvgIpc) is 2.03. The van der Waals surface area contributed by atoms with Crippen molar-refractivity contribution in [1.29, 1.82) is 0 Å². The van der Waals surface area contributed by atoms with E-state index in [9.17, 15) is 0 Å². The Morgan fingerprint density at radius 2 is 1.73 bits per heavy atom. The van der Waals surface area contributed by atoms with Crippen LogP contribution in [-0.2, 0) is 0 Å². The Hall–Kier alpha value is -0.903. The van der Waals surface area contributed by atoms with Crippen molar-refractivity contribution in [2.45, 2.75) is 0 Å². The zero-order chi connectivity index (χ0) is 8.10. The van der Waals surface area contributed by atoms with Gasteiger partial charge in [0.1, 0.15) is 0 Å². The molecule has 0 bridgehead atoms. The van der Waals surface area contributed by atoms with Crippen LogP contribution in [0, 0.1) is 0 Å². The molecule has 0 unspecified atom stereocenters. The molecule has 1 aromatic carbocycles. The Labute approximate surface area is 68.3 Å². The fourth-order valence-corrected chi connectivity index (χ4v) is 1.14. The van der Waals surface area contributed by atoms with Gasteiger partial charge in [-0.05, 0) is 5.56 Å². The van der Waals surface area contributed by atoms with Crippen LogP contribution in [0.2, 0.25) is 0 Å². The van der Waals surface area contributed by atoms with Crippen LogP contribution in [0.5, 0.6) is 0 Å². The number of hydrogen-bond donors (Lipinski definition) is 2. The summed E-state index contributed by atoms with van der Waals surface area (Å²) >= 11 is 0. The van der Waals surface area contributed by atoms with Crippen molar-refractivity contribution in [3.05, 3.63) is 41.6 Å². The Balaban J connectivity index is 2.65. The molecule has 2 nitrogen and oxygen atoms in total. The number of benzene rings is 1. The van der Waals surface area contributed by atoms with E-state index in [0.717, 1.165) is 5.56 Å². The number of hydrogen-bond acceptors (Lipinski definition) is 2. The molecule has 0 heterocycles. The number of nitrogens with two attached hydrogens (primary N) is 2. The maximum Gasteiger partial charge on any atom is 0.247 e. The summed E-state index contributed by atoms with van der Waals surface area (Å²) in [6.07, 6.45) is 1.95. The first kappa shape index (κ1) is 8.20. The van der Waals surface area contributed by atoms with Crippen molar-refractivity contribution >= 4 is 15.2 Å². The molecule has 0 aliphatic rings. The summed E-state index contributed by atoms with van der Waals surface area (Å²) in [6.45, 7) is 0. The predicted molar refractivity (Wildman–Crippen MR) is 49.6 cm³/mol. The van der Waals surface area contributed by atoms with Crippen molar-refractivity contribution < 1.29 is 0 Å². The third kappa shape index (κ3) is 3.13. The van der Waals surface area contributed by atoms with E-state index < -0.39 is 9.12 Å². The average molecular weight is 163 g/mol. The zero-order valence-electron chi connectivity index (χ0n) is 6.20. The highest BCUT2D eigenvalue weighted by Gasteiger charge is 1.88. The highest BCUT2D eigenvalue weighted by atomic mass is 28.3. The second kappa shape index (κ2) is 4.08. The van der Waals surface area contributed by atoms with E-state index in [-0.39, 0.29) is 0 Å². The van der Waals surface area contributed by atoms with E-state index in [2.05, 4.69) is 0 Å². The van der Waals surface area contributed by atoms with Crippen molar-refractivity contribution in [3.63, 3.8) is 0 Å². The molecular weight excluding hydrogens is 152 g/mol. The first-order chi connectivity index (χ1) is 5.29. The summed E-state index contributed by atoms with van der Waals surface area (Å²) in [7, 11) is -1.21. The molecule has 3 heteroatoms. The van der Waals surface area contributed by atoms with Gasteiger partial charge in [-0.3, -0.25) is 0 Å². The third-order valence-corrected chi connectivity index (χ3v) is 1.82. The SMILES string of the molecule is N[Si](N)/C=C/c1ccccc1. The van der Waals surface area contributed by atoms with Gasteiger partial charge in [0, 0.05) is 0 Å². The van der Waals surface area contributed by atoms with Crippen LogP contribution in [0.15, 0.2) is 36.0 Å². The molecule has 0 fully saturated rings. The lowest BCUT2D eigenvalue weighted by Gasteiger charge is -1.92. The lowest BCUT2D eigenvalue weighted by Crippen LogP contribution is -2.34. The summed E-state index contributed by atoms with van der Waals surface area (Å²) in [5.74, 6) is 0. The Morgan fingerprint density at radius 1 is 1.09 bits per heavy atom. The summed E-state index contributed by atoms with van der Waals surface area (Å²) in [5.41, 5.74) is 3.01. The molecule has 0 aliphatic heterocycles. The third-order valence-electron chi connectivity index (χ3n) is 1.27. The fraction of sp³-hybridized carbons (Fsp3) is 0. The summed E-state index contributed by atoms with van der Waals surface area (Å²) in [5, 5.41) is 10.9. The van der Waals surface area contributed by atoms with Gasteiger partial charge < -0.3 is 10.8 Å². The standard InChI is InChI=1S/C8H11N2Si/c9-11(10)7-6-8-4-2-1-3-5-8/h1-7H,9-10H2/b7-6+. The molecule has 0 aliphatic carbocycles. The Kier molecular flexibility index (Phi) is 3.04. The van der Waals surface area contributed by atoms with Gasteiger partial charge in [0.15, 0.2) is 0 Å². The van der Waals surface area contributed by atoms with E-state index in [4.69, 9.17) is 10.8 Å². The van der Waals surface area contributed by atoms with E-state index in [1.165, 1.54) is 0 Å². The van der Waals surface area contributed by atoms with Gasteiger partial charge in [0.25, 0.3) is 0 Å². The van der Waals surface area contributed by atoms with Crippen LogP contribution in [0.4, 0.5) is 0 Å². The molecule has 0 amide bonds. The van der Waals surface area contributed by atoms with Gasteiger partial charge in [-0.15, -0.1) is 0 Å². The number of rotatable bonds is 2. The molecule has 0 saturated heterocycles. The van der Waals surface area contributed by atoms with Crippen LogP contribution in [0.1, 0.15) is 5.56 Å².